The first kappa shape index (κ1) is 26.2. The van der Waals surface area contributed by atoms with Gasteiger partial charge in [-0.2, -0.15) is 5.11 Å². The van der Waals surface area contributed by atoms with Gasteiger partial charge in [-0.25, -0.2) is 22.2 Å². The molecule has 1 aromatic carbocycles. The van der Waals surface area contributed by atoms with Crippen molar-refractivity contribution in [2.45, 2.75) is 45.7 Å². The highest BCUT2D eigenvalue weighted by molar-refractivity contribution is 7.92. The first-order chi connectivity index (χ1) is 17.0. The number of piperazine rings is 1. The van der Waals surface area contributed by atoms with Crippen molar-refractivity contribution in [3.05, 3.63) is 47.8 Å². The van der Waals surface area contributed by atoms with Crippen molar-refractivity contribution in [2.75, 3.05) is 53.1 Å². The van der Waals surface area contributed by atoms with Crippen molar-refractivity contribution in [1.82, 2.24) is 9.88 Å². The number of aromatic nitrogens is 1. The van der Waals surface area contributed by atoms with Crippen molar-refractivity contribution >= 4 is 27.1 Å². The van der Waals surface area contributed by atoms with Gasteiger partial charge in [0, 0.05) is 43.5 Å². The zero-order valence-corrected chi connectivity index (χ0v) is 21.9. The van der Waals surface area contributed by atoms with Crippen molar-refractivity contribution in [3.63, 3.8) is 0 Å². The molecule has 9 nitrogen and oxygen atoms in total. The van der Waals surface area contributed by atoms with E-state index in [0.717, 1.165) is 54.6 Å². The molecule has 1 atom stereocenters. The van der Waals surface area contributed by atoms with Gasteiger partial charge < -0.3 is 4.90 Å². The highest BCUT2D eigenvalue weighted by Gasteiger charge is 2.30. The Hall–Kier alpha value is -2.86. The van der Waals surface area contributed by atoms with Gasteiger partial charge in [-0.15, -0.1) is 0 Å². The molecule has 2 aromatic rings. The summed E-state index contributed by atoms with van der Waals surface area (Å²) >= 11 is 0. The summed E-state index contributed by atoms with van der Waals surface area (Å²) in [4.78, 5) is 9.10. The molecular weight excluding hydrogens is 488 g/mol. The molecule has 12 heteroatoms. The molecular formula is C24H33F2N7O2S. The van der Waals surface area contributed by atoms with Crippen LogP contribution in [0.5, 0.6) is 0 Å². The SMILES string of the molecule is CCCS(=O)(=O)Nc1ccc(F)c(N2CC(c3cncc(N4CCN(C(C)(C)C)CC4)c3)N=N2)c1F. The maximum absolute atomic E-state index is 15.2. The summed E-state index contributed by atoms with van der Waals surface area (Å²) in [5.41, 5.74) is 1.12. The molecule has 0 aliphatic carbocycles. The van der Waals surface area contributed by atoms with E-state index in [-0.39, 0.29) is 23.5 Å². The lowest BCUT2D eigenvalue weighted by Crippen LogP contribution is -2.53. The third kappa shape index (κ3) is 5.75. The smallest absolute Gasteiger partial charge is 0.232 e. The number of benzene rings is 1. The summed E-state index contributed by atoms with van der Waals surface area (Å²) in [6, 6.07) is 3.62. The fourth-order valence-corrected chi connectivity index (χ4v) is 5.58. The van der Waals surface area contributed by atoms with Gasteiger partial charge in [-0.05, 0) is 45.4 Å². The molecule has 4 rings (SSSR count). The Morgan fingerprint density at radius 3 is 2.50 bits per heavy atom. The normalized spacial score (nSPS) is 19.2. The number of anilines is 3. The predicted octanol–water partition coefficient (Wildman–Crippen LogP) is 4.36. The standard InChI is InChI=1S/C24H33F2N7O2S/c1-5-12-36(34,35)29-20-7-6-19(25)23(22(20)26)33-16-21(28-30-33)17-13-18(15-27-14-17)31-8-10-32(11-9-31)24(2,3)4/h6-7,13-15,21,29H,5,8-12,16H2,1-4H3. The van der Waals surface area contributed by atoms with E-state index in [1.54, 1.807) is 13.1 Å². The van der Waals surface area contributed by atoms with E-state index in [1.165, 1.54) is 0 Å². The molecule has 0 radical (unpaired) electrons. The Bertz CT molecular complexity index is 1230. The van der Waals surface area contributed by atoms with Crippen LogP contribution in [0.15, 0.2) is 40.9 Å². The molecule has 0 saturated carbocycles. The summed E-state index contributed by atoms with van der Waals surface area (Å²) < 4.78 is 56.2. The zero-order valence-electron chi connectivity index (χ0n) is 21.1. The number of halogens is 2. The third-order valence-corrected chi connectivity index (χ3v) is 7.91. The first-order valence-electron chi connectivity index (χ1n) is 12.1. The van der Waals surface area contributed by atoms with Gasteiger partial charge >= 0.3 is 0 Å². The Labute approximate surface area is 211 Å². The zero-order chi connectivity index (χ0) is 26.1. The molecule has 2 aliphatic heterocycles. The van der Waals surface area contributed by atoms with Crippen LogP contribution in [0.1, 0.15) is 45.7 Å². The number of nitrogens with zero attached hydrogens (tertiary/aromatic N) is 6. The maximum Gasteiger partial charge on any atom is 0.232 e. The second-order valence-electron chi connectivity index (χ2n) is 10.1. The largest absolute Gasteiger partial charge is 0.368 e. The number of pyridine rings is 1. The van der Waals surface area contributed by atoms with E-state index in [9.17, 15) is 12.8 Å². The van der Waals surface area contributed by atoms with Crippen molar-refractivity contribution in [2.24, 2.45) is 10.3 Å². The van der Waals surface area contributed by atoms with Gasteiger partial charge in [0.1, 0.15) is 11.7 Å². The first-order valence-corrected chi connectivity index (χ1v) is 13.8. The van der Waals surface area contributed by atoms with Gasteiger partial charge in [0.15, 0.2) is 11.6 Å². The van der Waals surface area contributed by atoms with Gasteiger partial charge in [0.2, 0.25) is 10.0 Å². The predicted molar refractivity (Wildman–Crippen MR) is 137 cm³/mol. The van der Waals surface area contributed by atoms with E-state index in [1.807, 2.05) is 12.3 Å². The van der Waals surface area contributed by atoms with Crippen LogP contribution < -0.4 is 14.6 Å². The summed E-state index contributed by atoms with van der Waals surface area (Å²) in [6.45, 7) is 12.1. The minimum Gasteiger partial charge on any atom is -0.368 e. The lowest BCUT2D eigenvalue weighted by Gasteiger charge is -2.43. The van der Waals surface area contributed by atoms with E-state index in [0.29, 0.717) is 6.42 Å². The number of nitrogens with one attached hydrogen (secondary N) is 1. The summed E-state index contributed by atoms with van der Waals surface area (Å²) in [5, 5.41) is 9.34. The highest BCUT2D eigenvalue weighted by Crippen LogP contribution is 2.36. The second kappa shape index (κ2) is 10.3. The Balaban J connectivity index is 1.48. The van der Waals surface area contributed by atoms with Crippen LogP contribution in [-0.2, 0) is 10.0 Å². The van der Waals surface area contributed by atoms with Crippen LogP contribution in [-0.4, -0.2) is 62.3 Å². The van der Waals surface area contributed by atoms with Crippen LogP contribution in [0.25, 0.3) is 0 Å². The molecule has 0 amide bonds. The third-order valence-electron chi connectivity index (χ3n) is 6.43. The van der Waals surface area contributed by atoms with Crippen LogP contribution in [0.2, 0.25) is 0 Å². The molecule has 1 fully saturated rings. The van der Waals surface area contributed by atoms with Gasteiger partial charge in [0.05, 0.1) is 29.9 Å². The summed E-state index contributed by atoms with van der Waals surface area (Å²) in [6.07, 6.45) is 3.86. The van der Waals surface area contributed by atoms with Crippen LogP contribution in [0.4, 0.5) is 25.8 Å². The molecule has 2 aliphatic rings. The molecule has 1 unspecified atom stereocenters. The van der Waals surface area contributed by atoms with E-state index in [4.69, 9.17) is 0 Å². The molecule has 0 spiro atoms. The van der Waals surface area contributed by atoms with E-state index < -0.39 is 33.4 Å². The molecule has 196 valence electrons. The molecule has 1 aromatic heterocycles. The minimum absolute atomic E-state index is 0.0991. The van der Waals surface area contributed by atoms with Crippen LogP contribution >= 0.6 is 0 Å². The highest BCUT2D eigenvalue weighted by atomic mass is 32.2. The van der Waals surface area contributed by atoms with Crippen LogP contribution in [0.3, 0.4) is 0 Å². The van der Waals surface area contributed by atoms with Gasteiger partial charge in [-0.3, -0.25) is 14.6 Å². The van der Waals surface area contributed by atoms with Crippen molar-refractivity contribution in [3.8, 4) is 0 Å². The number of hydrogen-bond acceptors (Lipinski definition) is 8. The maximum atomic E-state index is 15.2. The Kier molecular flexibility index (Phi) is 7.46. The molecule has 1 N–H and O–H groups in total. The number of hydrogen-bond donors (Lipinski definition) is 1. The van der Waals surface area contributed by atoms with E-state index in [2.05, 4.69) is 50.6 Å². The average Bonchev–Trinajstić information content (AvgIpc) is 3.30. The number of sulfonamides is 1. The lowest BCUT2D eigenvalue weighted by atomic mass is 10.0. The fraction of sp³-hybridized carbons (Fsp3) is 0.542. The molecule has 1 saturated heterocycles. The van der Waals surface area contributed by atoms with Crippen molar-refractivity contribution in [1.29, 1.82) is 0 Å². The lowest BCUT2D eigenvalue weighted by molar-refractivity contribution is 0.128. The molecule has 0 bridgehead atoms. The van der Waals surface area contributed by atoms with Gasteiger partial charge in [0.25, 0.3) is 0 Å². The fourth-order valence-electron chi connectivity index (χ4n) is 4.45. The topological polar surface area (TPSA) is 93.5 Å². The molecule has 36 heavy (non-hydrogen) atoms. The monoisotopic (exact) mass is 521 g/mol. The van der Waals surface area contributed by atoms with Crippen molar-refractivity contribution < 1.29 is 17.2 Å². The summed E-state index contributed by atoms with van der Waals surface area (Å²) in [5.74, 6) is -2.05. The molecule has 3 heterocycles. The van der Waals surface area contributed by atoms with Gasteiger partial charge in [-0.1, -0.05) is 12.1 Å². The second-order valence-corrected chi connectivity index (χ2v) is 11.9. The Morgan fingerprint density at radius 1 is 1.11 bits per heavy atom. The van der Waals surface area contributed by atoms with Crippen LogP contribution in [0, 0.1) is 11.6 Å². The minimum atomic E-state index is -3.74. The quantitative estimate of drug-likeness (QED) is 0.582. The Morgan fingerprint density at radius 2 is 1.83 bits per heavy atom. The number of rotatable bonds is 7. The van der Waals surface area contributed by atoms with E-state index >= 15 is 4.39 Å². The summed E-state index contributed by atoms with van der Waals surface area (Å²) in [7, 11) is -3.74. The average molecular weight is 522 g/mol.